The quantitative estimate of drug-likeness (QED) is 0.0470. The van der Waals surface area contributed by atoms with Gasteiger partial charge < -0.3 is 23.1 Å². The molecule has 0 N–H and O–H groups in total. The van der Waals surface area contributed by atoms with Gasteiger partial charge in [-0.15, -0.1) is 0 Å². The van der Waals surface area contributed by atoms with Crippen LogP contribution in [0.5, 0.6) is 23.0 Å². The lowest BCUT2D eigenvalue weighted by Gasteiger charge is -2.26. The Kier molecular flexibility index (Phi) is 19.4. The summed E-state index contributed by atoms with van der Waals surface area (Å²) in [4.78, 5) is 0. The van der Waals surface area contributed by atoms with E-state index in [0.29, 0.717) is 26.4 Å². The zero-order chi connectivity index (χ0) is 39.4. The maximum atomic E-state index is 7.90. The molecule has 4 rings (SSSR count). The smallest absolute Gasteiger partial charge is 0.272 e. The third kappa shape index (κ3) is 13.9. The third-order valence-corrected chi connectivity index (χ3v) is 14.7. The van der Waals surface area contributed by atoms with E-state index in [4.69, 9.17) is 23.1 Å². The maximum absolute atomic E-state index is 7.90. The summed E-state index contributed by atoms with van der Waals surface area (Å²) in [5.74, 6) is 3.70. The second-order valence-electron chi connectivity index (χ2n) is 14.4. The van der Waals surface area contributed by atoms with Gasteiger partial charge >= 0.3 is 0 Å². The zero-order valence-corrected chi connectivity index (χ0v) is 37.3. The van der Waals surface area contributed by atoms with Crippen molar-refractivity contribution >= 4 is 38.8 Å². The van der Waals surface area contributed by atoms with E-state index in [-0.39, 0.29) is 0 Å². The highest BCUT2D eigenvalue weighted by molar-refractivity contribution is 6.92. The lowest BCUT2D eigenvalue weighted by atomic mass is 10.1. The fourth-order valence-electron chi connectivity index (χ4n) is 6.33. The first-order chi connectivity index (χ1) is 26.9. The van der Waals surface area contributed by atoms with Crippen LogP contribution in [0.4, 0.5) is 0 Å². The van der Waals surface area contributed by atoms with Gasteiger partial charge in [0.15, 0.2) is 0 Å². The van der Waals surface area contributed by atoms with E-state index in [9.17, 15) is 0 Å². The van der Waals surface area contributed by atoms with E-state index in [1.807, 2.05) is 0 Å². The summed E-state index contributed by atoms with van der Waals surface area (Å²) in [6.45, 7) is 20.5. The Morgan fingerprint density at radius 3 is 0.764 bits per heavy atom. The minimum Gasteiger partial charge on any atom is -0.494 e. The molecule has 0 heterocycles. The Morgan fingerprint density at radius 1 is 0.327 bits per heavy atom. The first-order valence-corrected chi connectivity index (χ1v) is 24.2. The molecular weight excluding hydrogens is 713 g/mol. The highest BCUT2D eigenvalue weighted by Crippen LogP contribution is 2.21. The minimum absolute atomic E-state index is 0.705. The molecule has 5 nitrogen and oxygen atoms in total. The summed E-state index contributed by atoms with van der Waals surface area (Å²) in [5, 5.41) is 4.79. The molecule has 0 bridgehead atoms. The van der Waals surface area contributed by atoms with Crippen LogP contribution in [0.15, 0.2) is 72.8 Å². The van der Waals surface area contributed by atoms with Crippen molar-refractivity contribution in [2.45, 2.75) is 132 Å². The van der Waals surface area contributed by atoms with E-state index in [2.05, 4.69) is 128 Å². The first kappa shape index (κ1) is 44.2. The largest absolute Gasteiger partial charge is 0.494 e. The highest BCUT2D eigenvalue weighted by Gasteiger charge is 2.31. The van der Waals surface area contributed by atoms with Crippen molar-refractivity contribution in [2.75, 3.05) is 26.4 Å². The Balaban J connectivity index is 1.98. The van der Waals surface area contributed by atoms with E-state index in [0.717, 1.165) is 100 Å². The summed E-state index contributed by atoms with van der Waals surface area (Å²) in [7, 11) is -3.72. The average Bonchev–Trinajstić information content (AvgIpc) is 3.21. The molecule has 0 unspecified atom stereocenters. The first-order valence-electron chi connectivity index (χ1n) is 21.4. The lowest BCUT2D eigenvalue weighted by Crippen LogP contribution is -2.56. The fourth-order valence-corrected chi connectivity index (χ4v) is 12.1. The molecular formula is C48H68O5Si2. The van der Waals surface area contributed by atoms with Gasteiger partial charge in [-0.1, -0.05) is 105 Å². The van der Waals surface area contributed by atoms with Crippen molar-refractivity contribution in [1.82, 2.24) is 0 Å². The standard InChI is InChI=1S/C48H68O5Si2/c1-9-17-21-49-41-25-37(13-5)29-45(33-41)54(46-30-38(14-6)26-42(34-46)50-22-18-10-2)53-55(47-31-39(15-7)27-43(35-47)51-23-19-11-3)48-32-40(16-8)28-44(36-48)52-24-20-12-4/h25-36H,9-24H2,1-8H3. The van der Waals surface area contributed by atoms with Crippen molar-refractivity contribution in [3.8, 4) is 23.0 Å². The molecule has 7 heteroatoms. The van der Waals surface area contributed by atoms with Gasteiger partial charge in [-0.25, -0.2) is 0 Å². The van der Waals surface area contributed by atoms with E-state index >= 15 is 0 Å². The van der Waals surface area contributed by atoms with Crippen molar-refractivity contribution in [3.63, 3.8) is 0 Å². The number of aryl methyl sites for hydroxylation is 4. The van der Waals surface area contributed by atoms with Crippen LogP contribution in [-0.2, 0) is 29.8 Å². The summed E-state index contributed by atoms with van der Waals surface area (Å²) >= 11 is 0. The van der Waals surface area contributed by atoms with Gasteiger partial charge in [0.1, 0.15) is 23.0 Å². The van der Waals surface area contributed by atoms with Gasteiger partial charge in [-0.3, -0.25) is 0 Å². The molecule has 0 amide bonds. The number of unbranched alkanes of at least 4 members (excludes halogenated alkanes) is 4. The second-order valence-corrected chi connectivity index (χ2v) is 18.9. The van der Waals surface area contributed by atoms with Gasteiger partial charge in [0, 0.05) is 0 Å². The topological polar surface area (TPSA) is 46.2 Å². The highest BCUT2D eigenvalue weighted by atomic mass is 28.4. The van der Waals surface area contributed by atoms with Gasteiger partial charge in [0.2, 0.25) is 0 Å². The molecule has 0 atom stereocenters. The van der Waals surface area contributed by atoms with Gasteiger partial charge in [0.05, 0.1) is 26.4 Å². The molecule has 0 aliphatic carbocycles. The molecule has 0 aromatic heterocycles. The Hall–Kier alpha value is -3.53. The van der Waals surface area contributed by atoms with Gasteiger partial charge in [-0.2, -0.15) is 0 Å². The Morgan fingerprint density at radius 2 is 0.564 bits per heavy atom. The molecule has 0 aliphatic heterocycles. The van der Waals surface area contributed by atoms with Crippen LogP contribution in [0.25, 0.3) is 0 Å². The number of hydrogen-bond acceptors (Lipinski definition) is 5. The molecule has 4 aromatic carbocycles. The van der Waals surface area contributed by atoms with Crippen molar-refractivity contribution < 1.29 is 23.1 Å². The molecule has 0 aliphatic rings. The predicted molar refractivity (Wildman–Crippen MR) is 236 cm³/mol. The summed E-state index contributed by atoms with van der Waals surface area (Å²) in [5.41, 5.74) is 5.03. The molecule has 0 saturated carbocycles. The van der Waals surface area contributed by atoms with Crippen LogP contribution in [0.3, 0.4) is 0 Å². The van der Waals surface area contributed by atoms with Crippen LogP contribution in [0.2, 0.25) is 0 Å². The molecule has 55 heavy (non-hydrogen) atoms. The summed E-state index contributed by atoms with van der Waals surface area (Å²) in [6.07, 6.45) is 12.1. The van der Waals surface area contributed by atoms with Crippen LogP contribution < -0.4 is 39.7 Å². The van der Waals surface area contributed by atoms with Crippen LogP contribution in [0, 0.1) is 0 Å². The minimum atomic E-state index is -1.86. The van der Waals surface area contributed by atoms with E-state index in [1.54, 1.807) is 0 Å². The molecule has 4 aromatic rings. The van der Waals surface area contributed by atoms with Crippen LogP contribution in [0.1, 0.15) is 129 Å². The lowest BCUT2D eigenvalue weighted by molar-refractivity contribution is 0.309. The maximum Gasteiger partial charge on any atom is 0.272 e. The Bertz CT molecular complexity index is 1480. The van der Waals surface area contributed by atoms with Crippen LogP contribution >= 0.6 is 0 Å². The second kappa shape index (κ2) is 24.2. The molecule has 0 fully saturated rings. The van der Waals surface area contributed by atoms with Crippen molar-refractivity contribution in [3.05, 3.63) is 95.1 Å². The Labute approximate surface area is 337 Å². The number of rotatable bonds is 26. The average molecular weight is 781 g/mol. The molecule has 298 valence electrons. The monoisotopic (exact) mass is 780 g/mol. The van der Waals surface area contributed by atoms with Gasteiger partial charge in [-0.05, 0) is 143 Å². The van der Waals surface area contributed by atoms with Gasteiger partial charge in [0.25, 0.3) is 18.1 Å². The number of ether oxygens (including phenoxy) is 4. The third-order valence-electron chi connectivity index (χ3n) is 9.82. The fraction of sp³-hybridized carbons (Fsp3) is 0.500. The normalized spacial score (nSPS) is 11.4. The predicted octanol–water partition coefficient (Wildman–Crippen LogP) is 9.58. The SMILES string of the molecule is CCCCOc1cc(CC)cc([Si](O[Si](c2cc(CC)cc(OCCCC)c2)c2cc(CC)cc(OCCCC)c2)c2cc(CC)cc(OCCCC)c2)c1. The van der Waals surface area contributed by atoms with E-state index < -0.39 is 18.1 Å². The zero-order valence-electron chi connectivity index (χ0n) is 35.3. The summed E-state index contributed by atoms with van der Waals surface area (Å²) < 4.78 is 33.6. The summed E-state index contributed by atoms with van der Waals surface area (Å²) in [6, 6.07) is 27.3. The van der Waals surface area contributed by atoms with Crippen LogP contribution in [-0.4, -0.2) is 44.5 Å². The van der Waals surface area contributed by atoms with E-state index in [1.165, 1.54) is 43.0 Å². The molecule has 0 saturated heterocycles. The molecule has 2 radical (unpaired) electrons. The number of benzene rings is 4. The van der Waals surface area contributed by atoms with Crippen molar-refractivity contribution in [1.29, 1.82) is 0 Å². The molecule has 0 spiro atoms. The van der Waals surface area contributed by atoms with Crippen molar-refractivity contribution in [2.24, 2.45) is 0 Å². The number of hydrogen-bond donors (Lipinski definition) is 0.